The molecule has 5 nitrogen and oxygen atoms in total. The van der Waals surface area contributed by atoms with Gasteiger partial charge in [-0.1, -0.05) is 105 Å². The molecule has 1 amide bonds. The normalized spacial score (nSPS) is 11.0. The molecule has 0 heterocycles. The van der Waals surface area contributed by atoms with E-state index in [1.54, 1.807) is 11.8 Å². The Hall–Kier alpha value is -0.300. The van der Waals surface area contributed by atoms with Crippen LogP contribution < -0.4 is 5.32 Å². The maximum Gasteiger partial charge on any atom is 0.221 e. The molecular formula is C25H55NO4S. The molecule has 6 heteroatoms. The third-order valence-electron chi connectivity index (χ3n) is 5.43. The van der Waals surface area contributed by atoms with Gasteiger partial charge in [-0.15, -0.1) is 0 Å². The first-order valence-electron chi connectivity index (χ1n) is 11.9. The average molecular weight is 466 g/mol. The molecule has 4 N–H and O–H groups in total. The minimum Gasteiger partial charge on any atom is -0.394 e. The smallest absolute Gasteiger partial charge is 0.221 e. The number of hydrogen-bond acceptors (Lipinski definition) is 5. The Balaban J connectivity index is -0.00000392. The second-order valence-corrected chi connectivity index (χ2v) is 9.49. The van der Waals surface area contributed by atoms with E-state index >= 15 is 0 Å². The van der Waals surface area contributed by atoms with E-state index in [0.29, 0.717) is 6.42 Å². The van der Waals surface area contributed by atoms with Crippen molar-refractivity contribution >= 4 is 17.7 Å². The zero-order valence-corrected chi connectivity index (χ0v) is 19.6. The zero-order chi connectivity index (χ0) is 21.6. The first-order chi connectivity index (χ1) is 14.1. The van der Waals surface area contributed by atoms with Crippen LogP contribution in [0.4, 0.5) is 0 Å². The van der Waals surface area contributed by atoms with Crippen LogP contribution in [-0.4, -0.2) is 58.1 Å². The van der Waals surface area contributed by atoms with Crippen molar-refractivity contribution in [2.75, 3.05) is 31.3 Å². The van der Waals surface area contributed by atoms with Crippen molar-refractivity contribution in [3.05, 3.63) is 0 Å². The topological polar surface area (TPSA) is 89.8 Å². The number of carbonyl (C=O) groups excluding carboxylic acids is 1. The van der Waals surface area contributed by atoms with Gasteiger partial charge >= 0.3 is 0 Å². The van der Waals surface area contributed by atoms with Crippen molar-refractivity contribution < 1.29 is 20.1 Å². The summed E-state index contributed by atoms with van der Waals surface area (Å²) in [6, 6.07) is 0. The minimum absolute atomic E-state index is 0. The van der Waals surface area contributed by atoms with E-state index in [4.69, 9.17) is 0 Å². The lowest BCUT2D eigenvalue weighted by Gasteiger charge is -2.28. The molecule has 0 aromatic rings. The van der Waals surface area contributed by atoms with Crippen LogP contribution in [-0.2, 0) is 4.79 Å². The van der Waals surface area contributed by atoms with Gasteiger partial charge in [0.1, 0.15) is 5.54 Å². The average Bonchev–Trinajstić information content (AvgIpc) is 2.74. The molecule has 0 aliphatic rings. The van der Waals surface area contributed by atoms with Gasteiger partial charge in [0.2, 0.25) is 5.91 Å². The molecule has 0 spiro atoms. The summed E-state index contributed by atoms with van der Waals surface area (Å²) in [5, 5.41) is 30.1. The number of thioether (sulfide) groups is 1. The molecule has 0 bridgehead atoms. The maximum absolute atomic E-state index is 11.8. The van der Waals surface area contributed by atoms with Crippen molar-refractivity contribution in [2.45, 2.75) is 124 Å². The summed E-state index contributed by atoms with van der Waals surface area (Å²) in [5.41, 5.74) is -1.31. The Morgan fingerprint density at radius 2 is 1.06 bits per heavy atom. The van der Waals surface area contributed by atoms with Gasteiger partial charge in [0.25, 0.3) is 0 Å². The highest BCUT2D eigenvalue weighted by molar-refractivity contribution is 7.99. The van der Waals surface area contributed by atoms with Gasteiger partial charge in [-0.3, -0.25) is 4.79 Å². The van der Waals surface area contributed by atoms with E-state index in [0.717, 1.165) is 11.5 Å². The number of aliphatic hydroxyl groups excluding tert-OH is 3. The maximum atomic E-state index is 11.8. The summed E-state index contributed by atoms with van der Waals surface area (Å²) >= 11 is 1.77. The molecule has 0 aromatic heterocycles. The van der Waals surface area contributed by atoms with Crippen LogP contribution in [0.2, 0.25) is 0 Å². The molecule has 0 atom stereocenters. The summed E-state index contributed by atoms with van der Waals surface area (Å²) < 4.78 is 0. The lowest BCUT2D eigenvalue weighted by Crippen LogP contribution is -2.57. The molecule has 0 aliphatic carbocycles. The van der Waals surface area contributed by atoms with Crippen LogP contribution >= 0.6 is 11.8 Å². The highest BCUT2D eigenvalue weighted by Crippen LogP contribution is 2.14. The van der Waals surface area contributed by atoms with Crippen molar-refractivity contribution in [1.29, 1.82) is 0 Å². The lowest BCUT2D eigenvalue weighted by atomic mass is 10.0. The summed E-state index contributed by atoms with van der Waals surface area (Å²) in [4.78, 5) is 11.8. The Kier molecular flexibility index (Phi) is 29.6. The monoisotopic (exact) mass is 465 g/mol. The SMILES string of the molecule is C.C.CCCCCCCCCCCCCCCCSCCC(=O)NC(CO)(CO)CO. The van der Waals surface area contributed by atoms with Crippen LogP contribution in [0.1, 0.15) is 118 Å². The largest absolute Gasteiger partial charge is 0.394 e. The van der Waals surface area contributed by atoms with E-state index in [-0.39, 0.29) is 20.8 Å². The van der Waals surface area contributed by atoms with E-state index in [1.165, 1.54) is 89.9 Å². The summed E-state index contributed by atoms with van der Waals surface area (Å²) in [6.45, 7) is 0.845. The van der Waals surface area contributed by atoms with Crippen LogP contribution in [0, 0.1) is 0 Å². The predicted molar refractivity (Wildman–Crippen MR) is 138 cm³/mol. The molecule has 0 radical (unpaired) electrons. The summed E-state index contributed by atoms with van der Waals surface area (Å²) in [7, 11) is 0. The predicted octanol–water partition coefficient (Wildman–Crippen LogP) is 5.70. The minimum atomic E-state index is -1.31. The van der Waals surface area contributed by atoms with Crippen molar-refractivity contribution in [1.82, 2.24) is 5.32 Å². The number of hydrogen-bond donors (Lipinski definition) is 4. The lowest BCUT2D eigenvalue weighted by molar-refractivity contribution is -0.124. The molecule has 0 saturated heterocycles. The number of carbonyl (C=O) groups is 1. The number of rotatable bonds is 22. The van der Waals surface area contributed by atoms with Gasteiger partial charge in [0, 0.05) is 12.2 Å². The molecule has 0 aliphatic heterocycles. The molecular weight excluding hydrogens is 410 g/mol. The second kappa shape index (κ2) is 26.0. The van der Waals surface area contributed by atoms with Gasteiger partial charge in [-0.05, 0) is 12.2 Å². The van der Waals surface area contributed by atoms with Gasteiger partial charge in [-0.25, -0.2) is 0 Å². The van der Waals surface area contributed by atoms with E-state index in [9.17, 15) is 20.1 Å². The standard InChI is InChI=1S/C23H47NO4S.2CH4/c1-2-3-4-5-6-7-8-9-10-11-12-13-14-15-17-29-18-16-22(28)24-23(19-25,20-26)21-27;;/h25-27H,2-21H2,1H3,(H,24,28);2*1H4. The quantitative estimate of drug-likeness (QED) is 0.154. The fourth-order valence-corrected chi connectivity index (χ4v) is 4.23. The van der Waals surface area contributed by atoms with Gasteiger partial charge < -0.3 is 20.6 Å². The fourth-order valence-electron chi connectivity index (χ4n) is 3.29. The van der Waals surface area contributed by atoms with Crippen LogP contribution in [0.25, 0.3) is 0 Å². The fraction of sp³-hybridized carbons (Fsp3) is 0.960. The van der Waals surface area contributed by atoms with Gasteiger partial charge in [0.05, 0.1) is 19.8 Å². The van der Waals surface area contributed by atoms with Gasteiger partial charge in [0.15, 0.2) is 0 Å². The molecule has 0 unspecified atom stereocenters. The third-order valence-corrected chi connectivity index (χ3v) is 6.50. The van der Waals surface area contributed by atoms with Crippen molar-refractivity contribution in [2.24, 2.45) is 0 Å². The molecule has 0 fully saturated rings. The van der Waals surface area contributed by atoms with E-state index in [1.807, 2.05) is 0 Å². The van der Waals surface area contributed by atoms with E-state index in [2.05, 4.69) is 12.2 Å². The van der Waals surface area contributed by atoms with Crippen LogP contribution in [0.5, 0.6) is 0 Å². The molecule has 0 rings (SSSR count). The third kappa shape index (κ3) is 21.3. The highest BCUT2D eigenvalue weighted by atomic mass is 32.2. The Bertz CT molecular complexity index is 357. The molecule has 190 valence electrons. The second-order valence-electron chi connectivity index (χ2n) is 8.26. The first-order valence-corrected chi connectivity index (χ1v) is 13.0. The summed E-state index contributed by atoms with van der Waals surface area (Å²) in [6.07, 6.45) is 19.4. The number of unbranched alkanes of at least 4 members (excludes halogenated alkanes) is 13. The zero-order valence-electron chi connectivity index (χ0n) is 18.8. The first kappa shape index (κ1) is 35.3. The van der Waals surface area contributed by atoms with Crippen molar-refractivity contribution in [3.8, 4) is 0 Å². The number of aliphatic hydroxyl groups is 3. The highest BCUT2D eigenvalue weighted by Gasteiger charge is 2.29. The molecule has 31 heavy (non-hydrogen) atoms. The van der Waals surface area contributed by atoms with Crippen LogP contribution in [0.3, 0.4) is 0 Å². The van der Waals surface area contributed by atoms with Gasteiger partial charge in [-0.2, -0.15) is 11.8 Å². The Labute approximate surface area is 198 Å². The summed E-state index contributed by atoms with van der Waals surface area (Å²) in [5.74, 6) is 1.55. The molecule has 0 saturated carbocycles. The van der Waals surface area contributed by atoms with Crippen molar-refractivity contribution in [3.63, 3.8) is 0 Å². The van der Waals surface area contributed by atoms with E-state index < -0.39 is 25.4 Å². The Morgan fingerprint density at radius 1 is 0.677 bits per heavy atom. The number of nitrogens with one attached hydrogen (secondary N) is 1. The van der Waals surface area contributed by atoms with Crippen LogP contribution in [0.15, 0.2) is 0 Å². The molecule has 0 aromatic carbocycles. The Morgan fingerprint density at radius 3 is 1.45 bits per heavy atom. The number of amides is 1.